The number of rotatable bonds is 7. The molecule has 1 heterocycles. The van der Waals surface area contributed by atoms with Crippen molar-refractivity contribution in [2.45, 2.75) is 46.1 Å². The molecule has 0 aliphatic rings. The molecule has 2 amide bonds. The highest BCUT2D eigenvalue weighted by molar-refractivity contribution is 5.74. The number of carbonyl (C=O) groups is 1. The second kappa shape index (κ2) is 8.47. The Morgan fingerprint density at radius 2 is 1.92 bits per heavy atom. The molecule has 24 heavy (non-hydrogen) atoms. The monoisotopic (exact) mass is 330 g/mol. The first kappa shape index (κ1) is 18.0. The minimum atomic E-state index is -0.294. The number of nitrogens with one attached hydrogen (secondary N) is 2. The molecular formula is C18H26N4O2. The molecule has 0 fully saturated rings. The molecule has 1 aromatic carbocycles. The standard InChI is InChI=1S/C18H26N4O2/c1-12(2)16(17-20-14(4)22-24-17)21-18(23)19-11-10-13(3)15-8-6-5-7-9-15/h5-9,12-13,16H,10-11H2,1-4H3,(H2,19,21,23). The summed E-state index contributed by atoms with van der Waals surface area (Å²) < 4.78 is 5.19. The first-order valence-corrected chi connectivity index (χ1v) is 8.37. The van der Waals surface area contributed by atoms with Crippen LogP contribution < -0.4 is 10.6 Å². The van der Waals surface area contributed by atoms with Gasteiger partial charge in [0.1, 0.15) is 6.04 Å². The zero-order chi connectivity index (χ0) is 17.5. The molecule has 0 saturated heterocycles. The summed E-state index contributed by atoms with van der Waals surface area (Å²) in [5.74, 6) is 1.55. The van der Waals surface area contributed by atoms with Crippen molar-refractivity contribution in [3.05, 3.63) is 47.6 Å². The predicted octanol–water partition coefficient (Wildman–Crippen LogP) is 3.57. The van der Waals surface area contributed by atoms with Crippen molar-refractivity contribution in [2.75, 3.05) is 6.54 Å². The minimum absolute atomic E-state index is 0.152. The Labute approximate surface area is 143 Å². The van der Waals surface area contributed by atoms with Gasteiger partial charge in [-0.05, 0) is 30.7 Å². The van der Waals surface area contributed by atoms with Crippen molar-refractivity contribution in [2.24, 2.45) is 5.92 Å². The van der Waals surface area contributed by atoms with E-state index in [4.69, 9.17) is 4.52 Å². The molecule has 2 rings (SSSR count). The van der Waals surface area contributed by atoms with E-state index in [1.54, 1.807) is 6.92 Å². The average Bonchev–Trinajstić information content (AvgIpc) is 2.99. The Bertz CT molecular complexity index is 639. The van der Waals surface area contributed by atoms with E-state index in [1.165, 1.54) is 5.56 Å². The van der Waals surface area contributed by atoms with Gasteiger partial charge in [-0.1, -0.05) is 56.3 Å². The van der Waals surface area contributed by atoms with Crippen LogP contribution in [0.3, 0.4) is 0 Å². The van der Waals surface area contributed by atoms with Crippen LogP contribution in [0.15, 0.2) is 34.9 Å². The van der Waals surface area contributed by atoms with Crippen LogP contribution >= 0.6 is 0 Å². The van der Waals surface area contributed by atoms with Crippen LogP contribution in [0.2, 0.25) is 0 Å². The number of hydrogen-bond donors (Lipinski definition) is 2. The van der Waals surface area contributed by atoms with Crippen LogP contribution in [-0.2, 0) is 0 Å². The average molecular weight is 330 g/mol. The molecular weight excluding hydrogens is 304 g/mol. The Kier molecular flexibility index (Phi) is 6.35. The first-order valence-electron chi connectivity index (χ1n) is 8.37. The number of aryl methyl sites for hydroxylation is 1. The molecule has 0 spiro atoms. The number of amides is 2. The van der Waals surface area contributed by atoms with Gasteiger partial charge in [-0.2, -0.15) is 4.98 Å². The predicted molar refractivity (Wildman–Crippen MR) is 92.6 cm³/mol. The van der Waals surface area contributed by atoms with E-state index < -0.39 is 0 Å². The number of aromatic nitrogens is 2. The lowest BCUT2D eigenvalue weighted by Crippen LogP contribution is -2.40. The maximum atomic E-state index is 12.1. The topological polar surface area (TPSA) is 80.0 Å². The van der Waals surface area contributed by atoms with E-state index >= 15 is 0 Å². The quantitative estimate of drug-likeness (QED) is 0.813. The molecule has 0 aliphatic carbocycles. The first-order chi connectivity index (χ1) is 11.5. The highest BCUT2D eigenvalue weighted by Crippen LogP contribution is 2.20. The number of urea groups is 1. The smallest absolute Gasteiger partial charge is 0.315 e. The molecule has 0 saturated carbocycles. The van der Waals surface area contributed by atoms with E-state index in [1.807, 2.05) is 32.0 Å². The number of hydrogen-bond acceptors (Lipinski definition) is 4. The van der Waals surface area contributed by atoms with Gasteiger partial charge >= 0.3 is 6.03 Å². The van der Waals surface area contributed by atoms with E-state index in [-0.39, 0.29) is 18.0 Å². The summed E-state index contributed by atoms with van der Waals surface area (Å²) in [6.07, 6.45) is 0.878. The van der Waals surface area contributed by atoms with Gasteiger partial charge in [0, 0.05) is 6.54 Å². The van der Waals surface area contributed by atoms with Crippen LogP contribution in [0.4, 0.5) is 4.79 Å². The molecule has 2 N–H and O–H groups in total. The van der Waals surface area contributed by atoms with E-state index in [9.17, 15) is 4.79 Å². The lowest BCUT2D eigenvalue weighted by Gasteiger charge is -2.19. The largest absolute Gasteiger partial charge is 0.338 e. The van der Waals surface area contributed by atoms with Crippen molar-refractivity contribution in [1.29, 1.82) is 0 Å². The molecule has 0 aliphatic heterocycles. The molecule has 2 aromatic rings. The molecule has 6 heteroatoms. The summed E-state index contributed by atoms with van der Waals surface area (Å²) in [5, 5.41) is 9.61. The molecule has 1 aromatic heterocycles. The van der Waals surface area contributed by atoms with Crippen LogP contribution in [-0.4, -0.2) is 22.7 Å². The maximum Gasteiger partial charge on any atom is 0.315 e. The van der Waals surface area contributed by atoms with Gasteiger partial charge < -0.3 is 15.2 Å². The third-order valence-electron chi connectivity index (χ3n) is 3.99. The van der Waals surface area contributed by atoms with Gasteiger partial charge in [0.15, 0.2) is 5.82 Å². The van der Waals surface area contributed by atoms with Crippen LogP contribution in [0.1, 0.15) is 56.4 Å². The minimum Gasteiger partial charge on any atom is -0.338 e. The van der Waals surface area contributed by atoms with Crippen molar-refractivity contribution in [1.82, 2.24) is 20.8 Å². The Morgan fingerprint density at radius 3 is 2.50 bits per heavy atom. The highest BCUT2D eigenvalue weighted by Gasteiger charge is 2.23. The molecule has 0 bridgehead atoms. The van der Waals surface area contributed by atoms with Gasteiger partial charge in [-0.15, -0.1) is 0 Å². The fraction of sp³-hybridized carbons (Fsp3) is 0.500. The number of carbonyl (C=O) groups excluding carboxylic acids is 1. The summed E-state index contributed by atoms with van der Waals surface area (Å²) in [5.41, 5.74) is 1.28. The van der Waals surface area contributed by atoms with Gasteiger partial charge in [-0.3, -0.25) is 0 Å². The summed E-state index contributed by atoms with van der Waals surface area (Å²) >= 11 is 0. The van der Waals surface area contributed by atoms with E-state index in [0.29, 0.717) is 24.2 Å². The Morgan fingerprint density at radius 1 is 1.21 bits per heavy atom. The highest BCUT2D eigenvalue weighted by atomic mass is 16.5. The lowest BCUT2D eigenvalue weighted by atomic mass is 9.98. The zero-order valence-electron chi connectivity index (χ0n) is 14.7. The van der Waals surface area contributed by atoms with Gasteiger partial charge in [-0.25, -0.2) is 4.79 Å². The Balaban J connectivity index is 1.81. The second-order valence-corrected chi connectivity index (χ2v) is 6.40. The third kappa shape index (κ3) is 5.08. The van der Waals surface area contributed by atoms with Crippen LogP contribution in [0.25, 0.3) is 0 Å². The van der Waals surface area contributed by atoms with Crippen LogP contribution in [0, 0.1) is 12.8 Å². The third-order valence-corrected chi connectivity index (χ3v) is 3.99. The zero-order valence-corrected chi connectivity index (χ0v) is 14.7. The summed E-state index contributed by atoms with van der Waals surface area (Å²) in [7, 11) is 0. The van der Waals surface area contributed by atoms with Gasteiger partial charge in [0.25, 0.3) is 0 Å². The molecule has 2 unspecified atom stereocenters. The fourth-order valence-electron chi connectivity index (χ4n) is 2.50. The van der Waals surface area contributed by atoms with Gasteiger partial charge in [0.2, 0.25) is 5.89 Å². The van der Waals surface area contributed by atoms with Crippen molar-refractivity contribution < 1.29 is 9.32 Å². The SMILES string of the molecule is Cc1noc(C(NC(=O)NCCC(C)c2ccccc2)C(C)C)n1. The van der Waals surface area contributed by atoms with Crippen molar-refractivity contribution in [3.8, 4) is 0 Å². The van der Waals surface area contributed by atoms with Crippen molar-refractivity contribution >= 4 is 6.03 Å². The van der Waals surface area contributed by atoms with Crippen LogP contribution in [0.5, 0.6) is 0 Å². The number of nitrogens with zero attached hydrogens (tertiary/aromatic N) is 2. The molecule has 0 radical (unpaired) electrons. The fourth-order valence-corrected chi connectivity index (χ4v) is 2.50. The lowest BCUT2D eigenvalue weighted by molar-refractivity contribution is 0.224. The number of benzene rings is 1. The summed E-state index contributed by atoms with van der Waals surface area (Å²) in [6, 6.07) is 9.78. The second-order valence-electron chi connectivity index (χ2n) is 6.40. The molecule has 2 atom stereocenters. The summed E-state index contributed by atoms with van der Waals surface area (Å²) in [6.45, 7) is 8.53. The maximum absolute atomic E-state index is 12.1. The summed E-state index contributed by atoms with van der Waals surface area (Å²) in [4.78, 5) is 16.4. The van der Waals surface area contributed by atoms with E-state index in [2.05, 4.69) is 39.8 Å². The molecule has 130 valence electrons. The van der Waals surface area contributed by atoms with Crippen molar-refractivity contribution in [3.63, 3.8) is 0 Å². The normalized spacial score (nSPS) is 13.5. The Hall–Kier alpha value is -2.37. The molecule has 6 nitrogen and oxygen atoms in total. The van der Waals surface area contributed by atoms with E-state index in [0.717, 1.165) is 6.42 Å². The van der Waals surface area contributed by atoms with Gasteiger partial charge in [0.05, 0.1) is 0 Å².